The van der Waals surface area contributed by atoms with Crippen LogP contribution < -0.4 is 15.2 Å². The lowest BCUT2D eigenvalue weighted by Crippen LogP contribution is -2.13. The summed E-state index contributed by atoms with van der Waals surface area (Å²) < 4.78 is 10.9. The third-order valence-electron chi connectivity index (χ3n) is 3.27. The van der Waals surface area contributed by atoms with Gasteiger partial charge in [-0.3, -0.25) is 0 Å². The number of hydrogen-bond donors (Lipinski definition) is 1. The Kier molecular flexibility index (Phi) is 4.64. The van der Waals surface area contributed by atoms with E-state index >= 15 is 0 Å². The van der Waals surface area contributed by atoms with Crippen molar-refractivity contribution < 1.29 is 9.47 Å². The fraction of sp³-hybridized carbons (Fsp3) is 0.294. The molecule has 0 radical (unpaired) electrons. The van der Waals surface area contributed by atoms with Crippen LogP contribution in [0.15, 0.2) is 42.5 Å². The quantitative estimate of drug-likeness (QED) is 0.906. The molecule has 2 N–H and O–H groups in total. The Morgan fingerprint density at radius 2 is 1.80 bits per heavy atom. The molecule has 0 heterocycles. The van der Waals surface area contributed by atoms with E-state index in [0.717, 1.165) is 28.2 Å². The van der Waals surface area contributed by atoms with Gasteiger partial charge in [0.15, 0.2) is 0 Å². The van der Waals surface area contributed by atoms with Crippen LogP contribution in [0.1, 0.15) is 29.7 Å². The monoisotopic (exact) mass is 271 g/mol. The zero-order valence-electron chi connectivity index (χ0n) is 12.2. The molecule has 0 amide bonds. The standard InChI is InChI=1S/C17H21NO2/c1-4-20-14-8-6-13(7-9-14)17(18)15-10-5-12(2)11-16(15)19-3/h5-11,17H,4,18H2,1-3H3. The van der Waals surface area contributed by atoms with Crippen LogP contribution in [0, 0.1) is 6.92 Å². The largest absolute Gasteiger partial charge is 0.496 e. The van der Waals surface area contributed by atoms with E-state index in [4.69, 9.17) is 15.2 Å². The van der Waals surface area contributed by atoms with Gasteiger partial charge in [-0.2, -0.15) is 0 Å². The van der Waals surface area contributed by atoms with E-state index in [9.17, 15) is 0 Å². The molecule has 1 unspecified atom stereocenters. The number of rotatable bonds is 5. The van der Waals surface area contributed by atoms with E-state index in [1.165, 1.54) is 0 Å². The Labute approximate surface area is 120 Å². The smallest absolute Gasteiger partial charge is 0.124 e. The highest BCUT2D eigenvalue weighted by atomic mass is 16.5. The Morgan fingerprint density at radius 1 is 1.10 bits per heavy atom. The summed E-state index contributed by atoms with van der Waals surface area (Å²) in [5.74, 6) is 1.69. The molecule has 2 aromatic rings. The SMILES string of the molecule is CCOc1ccc(C(N)c2ccc(C)cc2OC)cc1. The molecule has 0 saturated carbocycles. The molecule has 0 spiro atoms. The molecule has 0 aliphatic rings. The summed E-state index contributed by atoms with van der Waals surface area (Å²) in [4.78, 5) is 0. The summed E-state index contributed by atoms with van der Waals surface area (Å²) in [7, 11) is 1.67. The van der Waals surface area contributed by atoms with Gasteiger partial charge >= 0.3 is 0 Å². The molecule has 0 fully saturated rings. The van der Waals surface area contributed by atoms with Gasteiger partial charge in [0.2, 0.25) is 0 Å². The number of benzene rings is 2. The van der Waals surface area contributed by atoms with E-state index in [1.54, 1.807) is 7.11 Å². The van der Waals surface area contributed by atoms with Crippen LogP contribution in [0.4, 0.5) is 0 Å². The normalized spacial score (nSPS) is 12.0. The molecule has 2 rings (SSSR count). The van der Waals surface area contributed by atoms with Gasteiger partial charge in [-0.25, -0.2) is 0 Å². The molecule has 0 aliphatic carbocycles. The van der Waals surface area contributed by atoms with Crippen molar-refractivity contribution >= 4 is 0 Å². The van der Waals surface area contributed by atoms with Gasteiger partial charge in [0, 0.05) is 5.56 Å². The van der Waals surface area contributed by atoms with E-state index in [0.29, 0.717) is 6.61 Å². The summed E-state index contributed by atoms with van der Waals surface area (Å²) in [6.45, 7) is 4.67. The average Bonchev–Trinajstić information content (AvgIpc) is 2.47. The van der Waals surface area contributed by atoms with Crippen LogP contribution >= 0.6 is 0 Å². The van der Waals surface area contributed by atoms with Crippen LogP contribution in [0.2, 0.25) is 0 Å². The first-order valence-corrected chi connectivity index (χ1v) is 6.78. The second-order valence-corrected chi connectivity index (χ2v) is 4.73. The predicted molar refractivity (Wildman–Crippen MR) is 81.4 cm³/mol. The lowest BCUT2D eigenvalue weighted by molar-refractivity contribution is 0.340. The fourth-order valence-corrected chi connectivity index (χ4v) is 2.19. The third-order valence-corrected chi connectivity index (χ3v) is 3.27. The van der Waals surface area contributed by atoms with E-state index in [-0.39, 0.29) is 6.04 Å². The molecule has 0 saturated heterocycles. The Bertz CT molecular complexity index is 564. The maximum atomic E-state index is 6.35. The maximum absolute atomic E-state index is 6.35. The van der Waals surface area contributed by atoms with Gasteiger partial charge in [0.25, 0.3) is 0 Å². The van der Waals surface area contributed by atoms with Gasteiger partial charge in [0.05, 0.1) is 19.8 Å². The number of methoxy groups -OCH3 is 1. The van der Waals surface area contributed by atoms with Crippen molar-refractivity contribution in [1.82, 2.24) is 0 Å². The van der Waals surface area contributed by atoms with Crippen molar-refractivity contribution in [3.63, 3.8) is 0 Å². The molecule has 2 aromatic carbocycles. The molecule has 0 aliphatic heterocycles. The zero-order valence-corrected chi connectivity index (χ0v) is 12.2. The van der Waals surface area contributed by atoms with Crippen LogP contribution in [-0.4, -0.2) is 13.7 Å². The van der Waals surface area contributed by atoms with E-state index in [1.807, 2.05) is 56.3 Å². The number of nitrogens with two attached hydrogens (primary N) is 1. The topological polar surface area (TPSA) is 44.5 Å². The minimum Gasteiger partial charge on any atom is -0.496 e. The summed E-state index contributed by atoms with van der Waals surface area (Å²) in [6, 6.07) is 13.7. The highest BCUT2D eigenvalue weighted by Gasteiger charge is 2.14. The Morgan fingerprint density at radius 3 is 2.40 bits per heavy atom. The van der Waals surface area contributed by atoms with E-state index in [2.05, 4.69) is 0 Å². The molecule has 106 valence electrons. The molecule has 1 atom stereocenters. The first-order valence-electron chi connectivity index (χ1n) is 6.78. The Balaban J connectivity index is 2.28. The summed E-state index contributed by atoms with van der Waals surface area (Å²) in [5, 5.41) is 0. The van der Waals surface area contributed by atoms with Crippen LogP contribution in [-0.2, 0) is 0 Å². The van der Waals surface area contributed by atoms with Crippen molar-refractivity contribution in [2.24, 2.45) is 5.73 Å². The van der Waals surface area contributed by atoms with Crippen molar-refractivity contribution in [2.45, 2.75) is 19.9 Å². The zero-order chi connectivity index (χ0) is 14.5. The molecule has 20 heavy (non-hydrogen) atoms. The third kappa shape index (κ3) is 3.11. The molecule has 3 heteroatoms. The van der Waals surface area contributed by atoms with Crippen molar-refractivity contribution in [2.75, 3.05) is 13.7 Å². The van der Waals surface area contributed by atoms with Crippen molar-refractivity contribution in [1.29, 1.82) is 0 Å². The average molecular weight is 271 g/mol. The molecule has 0 aromatic heterocycles. The Hall–Kier alpha value is -2.00. The number of aryl methyl sites for hydroxylation is 1. The summed E-state index contributed by atoms with van der Waals surface area (Å²) in [5.41, 5.74) is 9.53. The van der Waals surface area contributed by atoms with Gasteiger partial charge < -0.3 is 15.2 Å². The lowest BCUT2D eigenvalue weighted by atomic mass is 9.97. The second kappa shape index (κ2) is 6.44. The highest BCUT2D eigenvalue weighted by molar-refractivity contribution is 5.44. The first-order chi connectivity index (χ1) is 9.65. The summed E-state index contributed by atoms with van der Waals surface area (Å²) in [6.07, 6.45) is 0. The van der Waals surface area contributed by atoms with Gasteiger partial charge in [0.1, 0.15) is 11.5 Å². The van der Waals surface area contributed by atoms with Crippen molar-refractivity contribution in [3.05, 3.63) is 59.2 Å². The van der Waals surface area contributed by atoms with Crippen LogP contribution in [0.25, 0.3) is 0 Å². The fourth-order valence-electron chi connectivity index (χ4n) is 2.19. The second-order valence-electron chi connectivity index (χ2n) is 4.73. The minimum absolute atomic E-state index is 0.207. The number of ether oxygens (including phenoxy) is 2. The maximum Gasteiger partial charge on any atom is 0.124 e. The molecular formula is C17H21NO2. The predicted octanol–water partition coefficient (Wildman–Crippen LogP) is 3.45. The molecular weight excluding hydrogens is 250 g/mol. The van der Waals surface area contributed by atoms with E-state index < -0.39 is 0 Å². The summed E-state index contributed by atoms with van der Waals surface area (Å²) >= 11 is 0. The van der Waals surface area contributed by atoms with Crippen LogP contribution in [0.5, 0.6) is 11.5 Å². The first kappa shape index (κ1) is 14.4. The molecule has 3 nitrogen and oxygen atoms in total. The van der Waals surface area contributed by atoms with Gasteiger partial charge in [-0.05, 0) is 43.2 Å². The molecule has 0 bridgehead atoms. The number of hydrogen-bond acceptors (Lipinski definition) is 3. The van der Waals surface area contributed by atoms with Crippen LogP contribution in [0.3, 0.4) is 0 Å². The van der Waals surface area contributed by atoms with Crippen molar-refractivity contribution in [3.8, 4) is 11.5 Å². The minimum atomic E-state index is -0.207. The lowest BCUT2D eigenvalue weighted by Gasteiger charge is -2.17. The van der Waals surface area contributed by atoms with Gasteiger partial charge in [-0.1, -0.05) is 24.3 Å². The van der Waals surface area contributed by atoms with Gasteiger partial charge in [-0.15, -0.1) is 0 Å². The highest BCUT2D eigenvalue weighted by Crippen LogP contribution is 2.29.